The molecule has 2 fully saturated rings. The topological polar surface area (TPSA) is 190 Å². The Labute approximate surface area is 398 Å². The van der Waals surface area contributed by atoms with E-state index in [1.165, 1.54) is 6.92 Å². The minimum Gasteiger partial charge on any atom is -0.456 e. The monoisotopic (exact) mass is 949 g/mol. The molecule has 3 aliphatic carbocycles. The van der Waals surface area contributed by atoms with Gasteiger partial charge in [0.05, 0.1) is 29.5 Å². The van der Waals surface area contributed by atoms with Crippen molar-refractivity contribution >= 4 is 43.9 Å². The van der Waals surface area contributed by atoms with Crippen molar-refractivity contribution in [3.05, 3.63) is 131 Å². The molecule has 2 bridgehead atoms. The van der Waals surface area contributed by atoms with Gasteiger partial charge in [-0.25, -0.2) is 9.59 Å². The molecule has 1 aliphatic heterocycles. The predicted octanol–water partition coefficient (Wildman–Crippen LogP) is 7.57. The number of ketones is 1. The van der Waals surface area contributed by atoms with Crippen molar-refractivity contribution in [2.24, 2.45) is 16.7 Å². The van der Waals surface area contributed by atoms with Gasteiger partial charge in [-0.15, -0.1) is 0 Å². The van der Waals surface area contributed by atoms with Crippen LogP contribution in [0, 0.1) is 16.7 Å². The fraction of sp³-hybridized carbons (Fsp3) is 0.472. The molecule has 1 saturated heterocycles. The fourth-order valence-corrected chi connectivity index (χ4v) is 11.6. The van der Waals surface area contributed by atoms with E-state index in [2.05, 4.69) is 5.32 Å². The quantitative estimate of drug-likeness (QED) is 0.0784. The minimum absolute atomic E-state index is 0.130. The van der Waals surface area contributed by atoms with Crippen molar-refractivity contribution in [1.82, 2.24) is 5.32 Å². The number of hydrogen-bond acceptors (Lipinski definition) is 13. The number of nitrogens with one attached hydrogen (secondary N) is 1. The first-order valence-corrected chi connectivity index (χ1v) is 25.9. The second-order valence-corrected chi connectivity index (χ2v) is 25.5. The summed E-state index contributed by atoms with van der Waals surface area (Å²) in [6, 6.07) is 24.5. The highest BCUT2D eigenvalue weighted by Crippen LogP contribution is 2.63. The molecule has 1 amide bonds. The van der Waals surface area contributed by atoms with Gasteiger partial charge in [-0.05, 0) is 73.0 Å². The van der Waals surface area contributed by atoms with Gasteiger partial charge in [0.15, 0.2) is 31.9 Å². The van der Waals surface area contributed by atoms with Crippen LogP contribution in [0.4, 0.5) is 0 Å². The van der Waals surface area contributed by atoms with Crippen molar-refractivity contribution in [2.75, 3.05) is 6.61 Å². The highest BCUT2D eigenvalue weighted by Gasteiger charge is 2.75. The summed E-state index contributed by atoms with van der Waals surface area (Å²) in [7, 11) is -2.91. The molecule has 362 valence electrons. The number of Topliss-reactive ketones (excluding diaryl/α,β-unsaturated/α-hetero) is 1. The number of fused-ring (bicyclic) bond motifs is 5. The lowest BCUT2D eigenvalue weighted by Gasteiger charge is -2.65. The summed E-state index contributed by atoms with van der Waals surface area (Å²) >= 11 is 0. The number of allylic oxidation sites excluding steroid dienone is 1. The van der Waals surface area contributed by atoms with Crippen LogP contribution in [0.15, 0.2) is 114 Å². The minimum atomic E-state index is -2.91. The average molecular weight is 950 g/mol. The van der Waals surface area contributed by atoms with Gasteiger partial charge in [0.2, 0.25) is 0 Å². The van der Waals surface area contributed by atoms with E-state index in [0.717, 1.165) is 6.92 Å². The third-order valence-corrected chi connectivity index (χ3v) is 19.5. The maximum absolute atomic E-state index is 15.7. The molecule has 1 saturated carbocycles. The second kappa shape index (κ2) is 18.3. The molecule has 4 aliphatic rings. The van der Waals surface area contributed by atoms with Crippen LogP contribution in [0.3, 0.4) is 0 Å². The van der Waals surface area contributed by atoms with Crippen LogP contribution in [0.5, 0.6) is 0 Å². The van der Waals surface area contributed by atoms with Crippen LogP contribution >= 0.6 is 0 Å². The summed E-state index contributed by atoms with van der Waals surface area (Å²) in [5.74, 6) is -5.75. The maximum atomic E-state index is 15.7. The molecule has 14 nitrogen and oxygen atoms in total. The van der Waals surface area contributed by atoms with E-state index in [1.54, 1.807) is 125 Å². The van der Waals surface area contributed by atoms with Gasteiger partial charge in [0, 0.05) is 31.2 Å². The third kappa shape index (κ3) is 8.78. The first kappa shape index (κ1) is 50.1. The molecule has 1 heterocycles. The van der Waals surface area contributed by atoms with Gasteiger partial charge in [0.1, 0.15) is 23.9 Å². The third-order valence-electron chi connectivity index (χ3n) is 15.1. The SMILES string of the molecule is CC(=O)O[C@H]1C(=O)[C@]2(C)C=C[C@H]3OC[C@@]3(OC(C)=O)C2C(OC(=O)c2ccccc2)[C@]2(O)C[C@H](OC(=O)[C@H](O[Si](C)(C)C(C)(C)C)[C@@H](NC(=O)c3ccccc3)c3ccccc3)C(C)=C1C2(C)C. The van der Waals surface area contributed by atoms with E-state index >= 15 is 9.59 Å². The van der Waals surface area contributed by atoms with Crippen molar-refractivity contribution in [3.8, 4) is 0 Å². The number of hydrogen-bond donors (Lipinski definition) is 2. The van der Waals surface area contributed by atoms with E-state index in [4.69, 9.17) is 28.1 Å². The number of aliphatic hydroxyl groups is 1. The Hall–Kier alpha value is -5.74. The van der Waals surface area contributed by atoms with E-state index in [9.17, 15) is 24.3 Å². The lowest BCUT2D eigenvalue weighted by Crippen LogP contribution is -2.78. The van der Waals surface area contributed by atoms with E-state index in [-0.39, 0.29) is 17.7 Å². The van der Waals surface area contributed by atoms with Crippen LogP contribution in [-0.4, -0.2) is 97.3 Å². The van der Waals surface area contributed by atoms with Crippen molar-refractivity contribution in [2.45, 2.75) is 135 Å². The molecular weight excluding hydrogens is 887 g/mol. The Morgan fingerprint density at radius 1 is 0.824 bits per heavy atom. The first-order chi connectivity index (χ1) is 31.8. The fourth-order valence-electron chi connectivity index (χ4n) is 10.3. The molecule has 0 spiro atoms. The molecule has 68 heavy (non-hydrogen) atoms. The molecule has 3 aromatic rings. The van der Waals surface area contributed by atoms with Crippen molar-refractivity contribution < 1.29 is 62.0 Å². The Bertz CT molecular complexity index is 2520. The van der Waals surface area contributed by atoms with Gasteiger partial charge in [-0.1, -0.05) is 114 Å². The van der Waals surface area contributed by atoms with Gasteiger partial charge in [-0.2, -0.15) is 0 Å². The Morgan fingerprint density at radius 3 is 1.93 bits per heavy atom. The Morgan fingerprint density at radius 2 is 1.40 bits per heavy atom. The zero-order valence-corrected chi connectivity index (χ0v) is 41.6. The van der Waals surface area contributed by atoms with Crippen molar-refractivity contribution in [3.63, 3.8) is 0 Å². The van der Waals surface area contributed by atoms with Gasteiger partial charge in [0.25, 0.3) is 5.91 Å². The van der Waals surface area contributed by atoms with E-state index < -0.39 is 120 Å². The van der Waals surface area contributed by atoms with Gasteiger partial charge >= 0.3 is 23.9 Å². The number of carbonyl (C=O) groups is 6. The molecule has 0 radical (unpaired) electrons. The standard InChI is InChI=1S/C53H63NO13Si/c1-31-37(64-48(60)42(67-68(10,11)49(4,5)6)40(34-21-15-12-16-22-34)54-46(58)35-23-17-13-18-24-35)29-53(61)45(65-47(59)36-25-19-14-20-26-36)43-51(9,28-27-38-52(43,30-62-38)66-33(3)56)44(57)41(63-32(2)55)39(31)50(53,7)8/h12-28,37-38,40-43,45,61H,29-30H2,1-11H3,(H,54,58)/t37-,38+,40-,41+,42+,43?,45?,51+,52-,53+/m0/s1. The second-order valence-electron chi connectivity index (χ2n) is 20.7. The molecule has 0 aromatic heterocycles. The molecule has 2 unspecified atom stereocenters. The van der Waals surface area contributed by atoms with E-state index in [0.29, 0.717) is 16.7 Å². The van der Waals surface area contributed by atoms with Crippen LogP contribution < -0.4 is 5.32 Å². The zero-order valence-electron chi connectivity index (χ0n) is 40.6. The number of rotatable bonds is 12. The maximum Gasteiger partial charge on any atom is 0.338 e. The van der Waals surface area contributed by atoms with E-state index in [1.807, 2.05) is 39.9 Å². The predicted molar refractivity (Wildman–Crippen MR) is 252 cm³/mol. The normalized spacial score (nSPS) is 29.3. The highest BCUT2D eigenvalue weighted by molar-refractivity contribution is 6.74. The lowest BCUT2D eigenvalue weighted by molar-refractivity contribution is -0.306. The zero-order chi connectivity index (χ0) is 49.8. The Balaban J connectivity index is 1.43. The van der Waals surface area contributed by atoms with Crippen LogP contribution in [-0.2, 0) is 47.3 Å². The molecule has 2 N–H and O–H groups in total. The molecule has 15 heteroatoms. The molecule has 7 rings (SSSR count). The summed E-state index contributed by atoms with van der Waals surface area (Å²) < 4.78 is 38.3. The number of amides is 1. The van der Waals surface area contributed by atoms with Gasteiger partial charge in [-0.3, -0.25) is 19.2 Å². The largest absolute Gasteiger partial charge is 0.456 e. The summed E-state index contributed by atoms with van der Waals surface area (Å²) in [5.41, 5.74) is -5.81. The molecule has 3 aromatic carbocycles. The smallest absolute Gasteiger partial charge is 0.338 e. The highest BCUT2D eigenvalue weighted by atomic mass is 28.4. The summed E-state index contributed by atoms with van der Waals surface area (Å²) in [6.07, 6.45) is -4.38. The average Bonchev–Trinajstić information content (AvgIpc) is 3.27. The number of carbonyl (C=O) groups excluding carboxylic acids is 6. The number of esters is 4. The van der Waals surface area contributed by atoms with Crippen molar-refractivity contribution in [1.29, 1.82) is 0 Å². The number of benzene rings is 3. The molecular formula is C53H63NO13Si. The summed E-state index contributed by atoms with van der Waals surface area (Å²) in [6.45, 7) is 18.7. The van der Waals surface area contributed by atoms with Crippen LogP contribution in [0.25, 0.3) is 0 Å². The van der Waals surface area contributed by atoms with Crippen LogP contribution in [0.1, 0.15) is 101 Å². The summed E-state index contributed by atoms with van der Waals surface area (Å²) in [5, 5.41) is 16.6. The summed E-state index contributed by atoms with van der Waals surface area (Å²) in [4.78, 5) is 85.9. The number of ether oxygens (including phenoxy) is 5. The van der Waals surface area contributed by atoms with Gasteiger partial charge < -0.3 is 38.5 Å². The lowest BCUT2D eigenvalue weighted by atomic mass is 9.46. The molecule has 10 atom stereocenters. The van der Waals surface area contributed by atoms with Crippen LogP contribution in [0.2, 0.25) is 18.1 Å². The Kier molecular flexibility index (Phi) is 13.5. The first-order valence-electron chi connectivity index (χ1n) is 23.0.